The number of aliphatic hydroxyl groups excluding tert-OH is 1. The van der Waals surface area contributed by atoms with Crippen LogP contribution in [0.25, 0.3) is 10.9 Å². The van der Waals surface area contributed by atoms with Crippen molar-refractivity contribution in [3.63, 3.8) is 0 Å². The van der Waals surface area contributed by atoms with Crippen molar-refractivity contribution in [1.82, 2.24) is 4.98 Å². The standard InChI is InChI=1S/C17H22N2O2/c1-12-9-14(13-5-2-3-6-15(13)19-12)16(20)17(10-18)7-4-8-21-11-17/h2-3,5-6,9,16,20H,4,7-8,10-11,18H2,1H3. The van der Waals surface area contributed by atoms with E-state index >= 15 is 0 Å². The Labute approximate surface area is 124 Å². The zero-order chi connectivity index (χ0) is 14.9. The van der Waals surface area contributed by atoms with E-state index in [-0.39, 0.29) is 0 Å². The number of aliphatic hydroxyl groups is 1. The van der Waals surface area contributed by atoms with E-state index in [1.807, 2.05) is 37.3 Å². The summed E-state index contributed by atoms with van der Waals surface area (Å²) in [5, 5.41) is 12.0. The largest absolute Gasteiger partial charge is 0.388 e. The predicted molar refractivity (Wildman–Crippen MR) is 83.0 cm³/mol. The van der Waals surface area contributed by atoms with Crippen LogP contribution in [0.15, 0.2) is 30.3 Å². The second kappa shape index (κ2) is 5.72. The van der Waals surface area contributed by atoms with Gasteiger partial charge < -0.3 is 15.6 Å². The summed E-state index contributed by atoms with van der Waals surface area (Å²) in [6, 6.07) is 9.90. The average Bonchev–Trinajstić information content (AvgIpc) is 2.54. The van der Waals surface area contributed by atoms with E-state index in [1.165, 1.54) is 0 Å². The van der Waals surface area contributed by atoms with Crippen LogP contribution in [0.5, 0.6) is 0 Å². The molecule has 3 rings (SSSR count). The first-order valence-corrected chi connectivity index (χ1v) is 7.48. The molecule has 1 aliphatic heterocycles. The van der Waals surface area contributed by atoms with Crippen LogP contribution in [-0.2, 0) is 4.74 Å². The monoisotopic (exact) mass is 286 g/mol. The molecule has 0 aliphatic carbocycles. The van der Waals surface area contributed by atoms with Gasteiger partial charge in [0.25, 0.3) is 0 Å². The third-order valence-corrected chi connectivity index (χ3v) is 4.51. The zero-order valence-corrected chi connectivity index (χ0v) is 12.4. The number of nitrogens with zero attached hydrogens (tertiary/aromatic N) is 1. The summed E-state index contributed by atoms with van der Waals surface area (Å²) in [7, 11) is 0. The van der Waals surface area contributed by atoms with Gasteiger partial charge in [-0.15, -0.1) is 0 Å². The van der Waals surface area contributed by atoms with Gasteiger partial charge in [0, 0.05) is 29.6 Å². The van der Waals surface area contributed by atoms with E-state index in [2.05, 4.69) is 4.98 Å². The van der Waals surface area contributed by atoms with Crippen molar-refractivity contribution in [2.24, 2.45) is 11.1 Å². The minimum atomic E-state index is -0.630. The Bertz CT molecular complexity index is 636. The van der Waals surface area contributed by atoms with Crippen molar-refractivity contribution in [2.75, 3.05) is 19.8 Å². The molecule has 4 heteroatoms. The van der Waals surface area contributed by atoms with Gasteiger partial charge in [-0.3, -0.25) is 4.98 Å². The first-order valence-electron chi connectivity index (χ1n) is 7.48. The van der Waals surface area contributed by atoms with E-state index < -0.39 is 11.5 Å². The Hall–Kier alpha value is -1.49. The van der Waals surface area contributed by atoms with Gasteiger partial charge in [0.1, 0.15) is 0 Å². The lowest BCUT2D eigenvalue weighted by Crippen LogP contribution is -2.43. The smallest absolute Gasteiger partial charge is 0.0887 e. The molecule has 0 spiro atoms. The highest BCUT2D eigenvalue weighted by molar-refractivity contribution is 5.82. The SMILES string of the molecule is Cc1cc(C(O)C2(CN)CCCOC2)c2ccccc2n1. The third kappa shape index (κ3) is 2.55. The van der Waals surface area contributed by atoms with Gasteiger partial charge in [0.05, 0.1) is 18.2 Å². The first kappa shape index (κ1) is 14.4. The van der Waals surface area contributed by atoms with Crippen molar-refractivity contribution in [3.8, 4) is 0 Å². The Morgan fingerprint density at radius 2 is 2.24 bits per heavy atom. The number of aromatic nitrogens is 1. The van der Waals surface area contributed by atoms with E-state index in [1.54, 1.807) is 0 Å². The van der Waals surface area contributed by atoms with Crippen molar-refractivity contribution >= 4 is 10.9 Å². The van der Waals surface area contributed by atoms with Crippen molar-refractivity contribution < 1.29 is 9.84 Å². The molecule has 4 nitrogen and oxygen atoms in total. The maximum Gasteiger partial charge on any atom is 0.0887 e. The number of rotatable bonds is 3. The molecule has 2 aromatic rings. The van der Waals surface area contributed by atoms with Crippen LogP contribution in [0.1, 0.15) is 30.2 Å². The lowest BCUT2D eigenvalue weighted by atomic mass is 9.74. The van der Waals surface area contributed by atoms with Crippen molar-refractivity contribution in [3.05, 3.63) is 41.6 Å². The summed E-state index contributed by atoms with van der Waals surface area (Å²) < 4.78 is 5.61. The fraction of sp³-hybridized carbons (Fsp3) is 0.471. The molecule has 2 heterocycles. The summed E-state index contributed by atoms with van der Waals surface area (Å²) in [5.74, 6) is 0. The summed E-state index contributed by atoms with van der Waals surface area (Å²) in [6.45, 7) is 3.64. The summed E-state index contributed by atoms with van der Waals surface area (Å²) in [5.41, 5.74) is 8.34. The number of hydrogen-bond donors (Lipinski definition) is 2. The van der Waals surface area contributed by atoms with Crippen LogP contribution in [0.3, 0.4) is 0 Å². The molecule has 21 heavy (non-hydrogen) atoms. The Morgan fingerprint density at radius 3 is 2.95 bits per heavy atom. The number of para-hydroxylation sites is 1. The molecule has 2 unspecified atom stereocenters. The van der Waals surface area contributed by atoms with Gasteiger partial charge in [-0.25, -0.2) is 0 Å². The molecule has 1 saturated heterocycles. The number of hydrogen-bond acceptors (Lipinski definition) is 4. The van der Waals surface area contributed by atoms with Crippen LogP contribution in [0.2, 0.25) is 0 Å². The second-order valence-electron chi connectivity index (χ2n) is 6.00. The molecule has 112 valence electrons. The van der Waals surface area contributed by atoms with Crippen LogP contribution in [0, 0.1) is 12.3 Å². The number of benzene rings is 1. The number of ether oxygens (including phenoxy) is 1. The molecule has 0 radical (unpaired) electrons. The number of nitrogens with two attached hydrogens (primary N) is 1. The molecule has 1 aromatic heterocycles. The molecule has 1 aromatic carbocycles. The maximum absolute atomic E-state index is 11.0. The number of pyridine rings is 1. The fourth-order valence-electron chi connectivity index (χ4n) is 3.26. The Balaban J connectivity index is 2.10. The minimum absolute atomic E-state index is 0.394. The van der Waals surface area contributed by atoms with E-state index in [9.17, 15) is 5.11 Å². The fourth-order valence-corrected chi connectivity index (χ4v) is 3.26. The van der Waals surface area contributed by atoms with Gasteiger partial charge in [-0.2, -0.15) is 0 Å². The minimum Gasteiger partial charge on any atom is -0.388 e. The maximum atomic E-state index is 11.0. The normalized spacial score (nSPS) is 24.1. The lowest BCUT2D eigenvalue weighted by Gasteiger charge is -2.40. The van der Waals surface area contributed by atoms with Gasteiger partial charge in [-0.1, -0.05) is 18.2 Å². The van der Waals surface area contributed by atoms with Crippen LogP contribution in [-0.4, -0.2) is 29.8 Å². The molecule has 0 amide bonds. The lowest BCUT2D eigenvalue weighted by molar-refractivity contribution is -0.0777. The Kier molecular flexibility index (Phi) is 3.93. The van der Waals surface area contributed by atoms with Crippen LogP contribution in [0.4, 0.5) is 0 Å². The predicted octanol–water partition coefficient (Wildman–Crippen LogP) is 2.33. The summed E-state index contributed by atoms with van der Waals surface area (Å²) >= 11 is 0. The second-order valence-corrected chi connectivity index (χ2v) is 6.00. The molecule has 0 bridgehead atoms. The van der Waals surface area contributed by atoms with Crippen LogP contribution < -0.4 is 5.73 Å². The summed E-state index contributed by atoms with van der Waals surface area (Å²) in [4.78, 5) is 4.54. The highest BCUT2D eigenvalue weighted by Gasteiger charge is 2.40. The van der Waals surface area contributed by atoms with E-state index in [4.69, 9.17) is 10.5 Å². The molecule has 3 N–H and O–H groups in total. The summed E-state index contributed by atoms with van der Waals surface area (Å²) in [6.07, 6.45) is 1.20. The number of fused-ring (bicyclic) bond motifs is 1. The van der Waals surface area contributed by atoms with Crippen molar-refractivity contribution in [2.45, 2.75) is 25.9 Å². The van der Waals surface area contributed by atoms with Crippen molar-refractivity contribution in [1.29, 1.82) is 0 Å². The van der Waals surface area contributed by atoms with Gasteiger partial charge in [0.15, 0.2) is 0 Å². The van der Waals surface area contributed by atoms with Gasteiger partial charge in [0.2, 0.25) is 0 Å². The van der Waals surface area contributed by atoms with Crippen LogP contribution >= 0.6 is 0 Å². The quantitative estimate of drug-likeness (QED) is 0.908. The topological polar surface area (TPSA) is 68.4 Å². The first-order chi connectivity index (χ1) is 10.2. The van der Waals surface area contributed by atoms with E-state index in [0.717, 1.165) is 41.6 Å². The van der Waals surface area contributed by atoms with Gasteiger partial charge in [-0.05, 0) is 37.5 Å². The Morgan fingerprint density at radius 1 is 1.43 bits per heavy atom. The highest BCUT2D eigenvalue weighted by atomic mass is 16.5. The third-order valence-electron chi connectivity index (χ3n) is 4.51. The average molecular weight is 286 g/mol. The molecule has 0 saturated carbocycles. The molecule has 1 aliphatic rings. The molecule has 1 fully saturated rings. The zero-order valence-electron chi connectivity index (χ0n) is 12.4. The van der Waals surface area contributed by atoms with E-state index in [0.29, 0.717) is 13.2 Å². The molecular formula is C17H22N2O2. The molecule has 2 atom stereocenters. The highest BCUT2D eigenvalue weighted by Crippen LogP contribution is 2.42. The number of aryl methyl sites for hydroxylation is 1. The molecular weight excluding hydrogens is 264 g/mol. The van der Waals surface area contributed by atoms with Gasteiger partial charge >= 0.3 is 0 Å².